The number of piperidine rings is 1. The number of pyridine rings is 1. The number of carbonyl (C=O) groups is 1. The number of anilines is 2. The van der Waals surface area contributed by atoms with Crippen LogP contribution in [0.25, 0.3) is 11.0 Å². The number of aromatic amines is 1. The topological polar surface area (TPSA) is 196 Å². The number of ether oxygens (including phenoxy) is 2. The molecular weight excluding hydrogens is 981 g/mol. The van der Waals surface area contributed by atoms with Gasteiger partial charge in [-0.3, -0.25) is 24.7 Å². The average molecular weight is 1050 g/mol. The number of hydrogen-bond acceptors (Lipinski definition) is 13. The first-order valence-corrected chi connectivity index (χ1v) is 28.5. The third-order valence-corrected chi connectivity index (χ3v) is 18.2. The van der Waals surface area contributed by atoms with E-state index in [0.717, 1.165) is 107 Å². The van der Waals surface area contributed by atoms with Crippen molar-refractivity contribution in [2.75, 3.05) is 56.6 Å². The maximum absolute atomic E-state index is 14.1. The second kappa shape index (κ2) is 21.8. The predicted octanol–water partition coefficient (Wildman–Crippen LogP) is 10.7. The highest BCUT2D eigenvalue weighted by Gasteiger charge is 2.50. The standard InChI is InChI=1S/C59H72N8O8S/c1-6-42-29-41(11-16-54(42)74-5)37-64-27-28-66(53(38-64)49-10-8-7-9-48(49)39(2)3)45-33-59(34-45)22-25-65(26-23-59)44-12-14-50(55(31-44)75-46-30-43-19-24-60-56(43)62-36-46)57(68)63-76(72,73)47-13-15-51(52(32-47)67(70)71)61-35-40-17-20-58(4,69)21-18-40/h7-16,19,24,29-32,36,39-40,45,53,61,69H,6,17-18,20-23,25-28,33-35,37-38H2,1-5H3,(H,60,62)(H,63,68)/t40-,53?,58-. The number of aryl methyl sites for hydroxylation is 1. The van der Waals surface area contributed by atoms with Gasteiger partial charge in [-0.25, -0.2) is 18.1 Å². The number of amides is 1. The van der Waals surface area contributed by atoms with Crippen LogP contribution >= 0.6 is 0 Å². The van der Waals surface area contributed by atoms with Crippen LogP contribution in [0.5, 0.6) is 17.2 Å². The number of nitro groups is 1. The highest BCUT2D eigenvalue weighted by atomic mass is 32.2. The van der Waals surface area contributed by atoms with E-state index in [2.05, 4.69) is 97.9 Å². The van der Waals surface area contributed by atoms with Gasteiger partial charge in [0, 0.05) is 87.3 Å². The van der Waals surface area contributed by atoms with Gasteiger partial charge in [0.25, 0.3) is 21.6 Å². The fraction of sp³-hybridized carbons (Fsp3) is 0.458. The number of benzene rings is 4. The molecule has 402 valence electrons. The highest BCUT2D eigenvalue weighted by Crippen LogP contribution is 2.53. The molecule has 4 heterocycles. The zero-order valence-electron chi connectivity index (χ0n) is 44.4. The molecule has 2 aromatic heterocycles. The average Bonchev–Trinajstić information content (AvgIpc) is 3.88. The molecule has 0 bridgehead atoms. The van der Waals surface area contributed by atoms with Crippen molar-refractivity contribution in [3.05, 3.63) is 141 Å². The predicted molar refractivity (Wildman–Crippen MR) is 296 cm³/mol. The Morgan fingerprint density at radius 3 is 2.46 bits per heavy atom. The van der Waals surface area contributed by atoms with Gasteiger partial charge >= 0.3 is 0 Å². The molecule has 10 rings (SSSR count). The van der Waals surface area contributed by atoms with E-state index in [1.165, 1.54) is 34.4 Å². The van der Waals surface area contributed by atoms with E-state index in [4.69, 9.17) is 9.47 Å². The second-order valence-electron chi connectivity index (χ2n) is 22.4. The number of nitrogens with one attached hydrogen (secondary N) is 3. The van der Waals surface area contributed by atoms with E-state index in [1.807, 2.05) is 19.1 Å². The lowest BCUT2D eigenvalue weighted by atomic mass is 9.59. The Morgan fingerprint density at radius 1 is 0.947 bits per heavy atom. The first kappa shape index (κ1) is 52.9. The number of hydrogen-bond donors (Lipinski definition) is 4. The van der Waals surface area contributed by atoms with Crippen LogP contribution < -0.4 is 24.4 Å². The smallest absolute Gasteiger partial charge is 0.293 e. The zero-order chi connectivity index (χ0) is 53.4. The third-order valence-electron chi connectivity index (χ3n) is 16.9. The van der Waals surface area contributed by atoms with Crippen molar-refractivity contribution >= 4 is 44.0 Å². The number of nitrogens with zero attached hydrogens (tertiary/aromatic N) is 5. The largest absolute Gasteiger partial charge is 0.496 e. The van der Waals surface area contributed by atoms with E-state index in [1.54, 1.807) is 37.7 Å². The fourth-order valence-electron chi connectivity index (χ4n) is 12.4. The molecule has 2 aliphatic carbocycles. The number of sulfonamides is 1. The van der Waals surface area contributed by atoms with Crippen molar-refractivity contribution in [3.8, 4) is 17.2 Å². The lowest BCUT2D eigenvalue weighted by molar-refractivity contribution is -0.384. The van der Waals surface area contributed by atoms with Crippen LogP contribution in [0.3, 0.4) is 0 Å². The minimum Gasteiger partial charge on any atom is -0.496 e. The molecule has 4 fully saturated rings. The number of methoxy groups -OCH3 is 1. The SMILES string of the molecule is CCc1cc(CN2CCN(C3CC4(CCN(c5ccc(C(=O)NS(=O)(=O)c6ccc(NC[C@H]7CC[C@](C)(O)CC7)c([N+](=O)[O-])c6)c(Oc6cnc7[nH]ccc7c6)c5)CC4)C3)C(c3ccccc3C(C)C)C2)ccc1OC. The van der Waals surface area contributed by atoms with Crippen LogP contribution in [0.1, 0.15) is 124 Å². The molecule has 16 nitrogen and oxygen atoms in total. The van der Waals surface area contributed by atoms with Gasteiger partial charge in [0.2, 0.25) is 0 Å². The summed E-state index contributed by atoms with van der Waals surface area (Å²) in [5.74, 6) is 1.12. The van der Waals surface area contributed by atoms with Crippen LogP contribution in [0.15, 0.2) is 108 Å². The van der Waals surface area contributed by atoms with Gasteiger partial charge in [-0.1, -0.05) is 57.2 Å². The highest BCUT2D eigenvalue weighted by molar-refractivity contribution is 7.90. The van der Waals surface area contributed by atoms with Crippen molar-refractivity contribution in [2.45, 2.75) is 121 Å². The number of fused-ring (bicyclic) bond motifs is 1. The van der Waals surface area contributed by atoms with Crippen LogP contribution in [0, 0.1) is 21.4 Å². The minimum atomic E-state index is -4.59. The Labute approximate surface area is 446 Å². The summed E-state index contributed by atoms with van der Waals surface area (Å²) in [6.45, 7) is 14.5. The number of H-pyrrole nitrogens is 1. The zero-order valence-corrected chi connectivity index (χ0v) is 45.2. The van der Waals surface area contributed by atoms with E-state index in [9.17, 15) is 28.4 Å². The summed E-state index contributed by atoms with van der Waals surface area (Å²) in [6, 6.07) is 28.8. The fourth-order valence-corrected chi connectivity index (χ4v) is 13.4. The molecule has 0 radical (unpaired) electrons. The molecule has 1 amide bonds. The lowest BCUT2D eigenvalue weighted by Crippen LogP contribution is -2.60. The number of piperazine rings is 1. The van der Waals surface area contributed by atoms with Gasteiger partial charge in [-0.2, -0.15) is 0 Å². The van der Waals surface area contributed by atoms with Crippen molar-refractivity contribution in [1.82, 2.24) is 24.5 Å². The summed E-state index contributed by atoms with van der Waals surface area (Å²) >= 11 is 0. The number of aromatic nitrogens is 2. The number of nitro benzene ring substituents is 1. The van der Waals surface area contributed by atoms with E-state index in [0.29, 0.717) is 42.7 Å². The Kier molecular flexibility index (Phi) is 15.2. The van der Waals surface area contributed by atoms with E-state index in [-0.39, 0.29) is 34.4 Å². The Bertz CT molecular complexity index is 3190. The summed E-state index contributed by atoms with van der Waals surface area (Å²) in [4.78, 5) is 40.6. The summed E-state index contributed by atoms with van der Waals surface area (Å²) in [5.41, 5.74) is 6.15. The summed E-state index contributed by atoms with van der Waals surface area (Å²) in [5, 5.41) is 26.5. The van der Waals surface area contributed by atoms with Gasteiger partial charge in [0.05, 0.1) is 34.3 Å². The molecule has 17 heteroatoms. The van der Waals surface area contributed by atoms with Crippen molar-refractivity contribution < 1.29 is 32.7 Å². The maximum Gasteiger partial charge on any atom is 0.293 e. The first-order valence-electron chi connectivity index (χ1n) is 27.0. The first-order chi connectivity index (χ1) is 36.5. The number of carbonyl (C=O) groups excluding carboxylic acids is 1. The Hall–Kier alpha value is -6.53. The summed E-state index contributed by atoms with van der Waals surface area (Å²) < 4.78 is 42.0. The van der Waals surface area contributed by atoms with Crippen molar-refractivity contribution in [1.29, 1.82) is 0 Å². The Balaban J connectivity index is 0.831. The molecule has 1 unspecified atom stereocenters. The molecule has 2 aliphatic heterocycles. The Morgan fingerprint density at radius 2 is 1.72 bits per heavy atom. The minimum absolute atomic E-state index is 0.0283. The van der Waals surface area contributed by atoms with Crippen LogP contribution in [0.4, 0.5) is 17.1 Å². The van der Waals surface area contributed by atoms with Crippen molar-refractivity contribution in [3.63, 3.8) is 0 Å². The molecule has 4 aromatic carbocycles. The normalized spacial score (nSPS) is 21.4. The maximum atomic E-state index is 14.1. The third kappa shape index (κ3) is 11.4. The molecule has 4 aliphatic rings. The quantitative estimate of drug-likeness (QED) is 0.0498. The van der Waals surface area contributed by atoms with Crippen LogP contribution in [0.2, 0.25) is 0 Å². The van der Waals surface area contributed by atoms with Gasteiger partial charge < -0.3 is 29.8 Å². The van der Waals surface area contributed by atoms with E-state index < -0.39 is 37.0 Å². The second-order valence-corrected chi connectivity index (χ2v) is 24.1. The number of rotatable bonds is 17. The van der Waals surface area contributed by atoms with Gasteiger partial charge in [0.15, 0.2) is 0 Å². The van der Waals surface area contributed by atoms with Gasteiger partial charge in [-0.15, -0.1) is 0 Å². The molecule has 4 N–H and O–H groups in total. The van der Waals surface area contributed by atoms with Gasteiger partial charge in [-0.05, 0) is 147 Å². The van der Waals surface area contributed by atoms with Crippen LogP contribution in [-0.4, -0.2) is 102 Å². The molecular formula is C59H72N8O8S. The molecule has 6 aromatic rings. The summed E-state index contributed by atoms with van der Waals surface area (Å²) in [6.07, 6.45) is 11.4. The molecule has 2 saturated carbocycles. The van der Waals surface area contributed by atoms with Gasteiger partial charge in [0.1, 0.15) is 28.6 Å². The monoisotopic (exact) mass is 1050 g/mol. The van der Waals surface area contributed by atoms with Crippen molar-refractivity contribution in [2.24, 2.45) is 11.3 Å². The molecule has 2 saturated heterocycles. The molecule has 1 atom stereocenters. The van der Waals surface area contributed by atoms with Crippen LogP contribution in [-0.2, 0) is 23.0 Å². The molecule has 1 spiro atoms. The summed E-state index contributed by atoms with van der Waals surface area (Å²) in [7, 11) is -2.85. The van der Waals surface area contributed by atoms with E-state index >= 15 is 0 Å². The number of aliphatic hydroxyl groups is 1. The lowest BCUT2D eigenvalue weighted by Gasteiger charge is -2.58. The molecule has 76 heavy (non-hydrogen) atoms.